The van der Waals surface area contributed by atoms with Gasteiger partial charge in [-0.25, -0.2) is 9.97 Å². The van der Waals surface area contributed by atoms with E-state index in [0.717, 1.165) is 23.1 Å². The van der Waals surface area contributed by atoms with Gasteiger partial charge in [0.2, 0.25) is 5.91 Å². The van der Waals surface area contributed by atoms with E-state index < -0.39 is 5.41 Å². The molecule has 0 bridgehead atoms. The number of carbonyl (C=O) groups excluding carboxylic acids is 2. The number of hydrogen-bond acceptors (Lipinski definition) is 6. The minimum atomic E-state index is -0.741. The standard InChI is InChI=1S/C25H29N5O3/c1-4-28-24(32)25(12-19-8-5-6-9-21(19)20-13-26-16-27-14-20)10-7-11-30(15-25)23(31)22-17(2)29-33-18(22)3/h5-6,8-9,13-14,16H,4,7,10-12,15H2,1-3H3,(H,28,32)/t25-/m1/s1. The van der Waals surface area contributed by atoms with Crippen LogP contribution in [0.15, 0.2) is 47.5 Å². The van der Waals surface area contributed by atoms with Crippen LogP contribution >= 0.6 is 0 Å². The summed E-state index contributed by atoms with van der Waals surface area (Å²) in [5.74, 6) is 0.339. The van der Waals surface area contributed by atoms with E-state index in [-0.39, 0.29) is 11.8 Å². The molecule has 8 heteroatoms. The number of hydrogen-bond donors (Lipinski definition) is 1. The van der Waals surface area contributed by atoms with Crippen LogP contribution in [0, 0.1) is 19.3 Å². The van der Waals surface area contributed by atoms with E-state index in [0.29, 0.717) is 49.5 Å². The number of likely N-dealkylation sites (tertiary alicyclic amines) is 1. The molecule has 1 aromatic carbocycles. The van der Waals surface area contributed by atoms with Gasteiger partial charge in [0.1, 0.15) is 17.7 Å². The van der Waals surface area contributed by atoms with Crippen molar-refractivity contribution in [2.75, 3.05) is 19.6 Å². The van der Waals surface area contributed by atoms with E-state index in [1.54, 1.807) is 31.1 Å². The largest absolute Gasteiger partial charge is 0.361 e. The van der Waals surface area contributed by atoms with Crippen LogP contribution in [0.4, 0.5) is 0 Å². The SMILES string of the molecule is CCNC(=O)[C@@]1(Cc2ccccc2-c2cncnc2)CCCN(C(=O)c2c(C)noc2C)C1. The molecule has 2 amide bonds. The molecule has 1 fully saturated rings. The Bertz CT molecular complexity index is 1120. The summed E-state index contributed by atoms with van der Waals surface area (Å²) in [6, 6.07) is 8.01. The fraction of sp³-hybridized carbons (Fsp3) is 0.400. The molecule has 2 aromatic heterocycles. The second kappa shape index (κ2) is 9.52. The van der Waals surface area contributed by atoms with Crippen molar-refractivity contribution in [1.82, 2.24) is 25.3 Å². The van der Waals surface area contributed by atoms with Crippen LogP contribution < -0.4 is 5.32 Å². The molecule has 0 unspecified atom stereocenters. The second-order valence-corrected chi connectivity index (χ2v) is 8.63. The molecule has 1 N–H and O–H groups in total. The molecule has 33 heavy (non-hydrogen) atoms. The summed E-state index contributed by atoms with van der Waals surface area (Å²) in [5, 5.41) is 6.95. The molecule has 3 aromatic rings. The van der Waals surface area contributed by atoms with Gasteiger partial charge in [-0.05, 0) is 51.2 Å². The highest BCUT2D eigenvalue weighted by Gasteiger charge is 2.44. The van der Waals surface area contributed by atoms with Gasteiger partial charge in [-0.2, -0.15) is 0 Å². The van der Waals surface area contributed by atoms with Gasteiger partial charge in [0.25, 0.3) is 5.91 Å². The van der Waals surface area contributed by atoms with Gasteiger partial charge in [0, 0.05) is 37.6 Å². The van der Waals surface area contributed by atoms with Gasteiger partial charge in [-0.3, -0.25) is 9.59 Å². The summed E-state index contributed by atoms with van der Waals surface area (Å²) in [7, 11) is 0. The van der Waals surface area contributed by atoms with Crippen LogP contribution in [0.3, 0.4) is 0 Å². The molecule has 1 aliphatic rings. The molecule has 0 spiro atoms. The average Bonchev–Trinajstić information content (AvgIpc) is 3.17. The zero-order valence-electron chi connectivity index (χ0n) is 19.3. The van der Waals surface area contributed by atoms with E-state index >= 15 is 0 Å². The van der Waals surface area contributed by atoms with E-state index in [4.69, 9.17) is 4.52 Å². The number of benzene rings is 1. The topological polar surface area (TPSA) is 101 Å². The molecule has 0 saturated carbocycles. The molecule has 1 aliphatic heterocycles. The van der Waals surface area contributed by atoms with Gasteiger partial charge >= 0.3 is 0 Å². The monoisotopic (exact) mass is 447 g/mol. The smallest absolute Gasteiger partial charge is 0.259 e. The molecular formula is C25H29N5O3. The third-order valence-corrected chi connectivity index (χ3v) is 6.35. The molecule has 0 radical (unpaired) electrons. The summed E-state index contributed by atoms with van der Waals surface area (Å²) < 4.78 is 5.22. The summed E-state index contributed by atoms with van der Waals surface area (Å²) in [5.41, 5.74) is 3.25. The third kappa shape index (κ3) is 4.51. The molecule has 0 aliphatic carbocycles. The van der Waals surface area contributed by atoms with Crippen molar-refractivity contribution in [3.8, 4) is 11.1 Å². The zero-order valence-corrected chi connectivity index (χ0v) is 19.3. The van der Waals surface area contributed by atoms with Crippen LogP contribution in [0.2, 0.25) is 0 Å². The predicted molar refractivity (Wildman–Crippen MR) is 123 cm³/mol. The minimum Gasteiger partial charge on any atom is -0.361 e. The van der Waals surface area contributed by atoms with Crippen LogP contribution in [0.25, 0.3) is 11.1 Å². The van der Waals surface area contributed by atoms with Crippen molar-refractivity contribution in [1.29, 1.82) is 0 Å². The Morgan fingerprint density at radius 3 is 2.64 bits per heavy atom. The maximum atomic E-state index is 13.5. The molecule has 172 valence electrons. The lowest BCUT2D eigenvalue weighted by Crippen LogP contribution is -2.54. The first-order valence-electron chi connectivity index (χ1n) is 11.3. The lowest BCUT2D eigenvalue weighted by molar-refractivity contribution is -0.133. The highest BCUT2D eigenvalue weighted by atomic mass is 16.5. The van der Waals surface area contributed by atoms with Gasteiger partial charge in [0.05, 0.1) is 11.1 Å². The summed E-state index contributed by atoms with van der Waals surface area (Å²) >= 11 is 0. The van der Waals surface area contributed by atoms with Crippen molar-refractivity contribution in [2.45, 2.75) is 40.0 Å². The number of piperidine rings is 1. The number of carbonyl (C=O) groups is 2. The molecule has 1 atom stereocenters. The number of nitrogens with one attached hydrogen (secondary N) is 1. The first-order chi connectivity index (χ1) is 15.9. The normalized spacial score (nSPS) is 18.2. The number of aromatic nitrogens is 3. The van der Waals surface area contributed by atoms with Gasteiger partial charge in [0.15, 0.2) is 0 Å². The van der Waals surface area contributed by atoms with Gasteiger partial charge in [-0.15, -0.1) is 0 Å². The van der Waals surface area contributed by atoms with Crippen molar-refractivity contribution in [2.24, 2.45) is 5.41 Å². The van der Waals surface area contributed by atoms with Crippen molar-refractivity contribution < 1.29 is 14.1 Å². The highest BCUT2D eigenvalue weighted by molar-refractivity contribution is 5.97. The lowest BCUT2D eigenvalue weighted by atomic mass is 9.73. The Balaban J connectivity index is 1.70. The summed E-state index contributed by atoms with van der Waals surface area (Å²) in [6.45, 7) is 6.89. The first-order valence-corrected chi connectivity index (χ1v) is 11.3. The maximum absolute atomic E-state index is 13.5. The number of amides is 2. The highest BCUT2D eigenvalue weighted by Crippen LogP contribution is 2.37. The summed E-state index contributed by atoms with van der Waals surface area (Å²) in [4.78, 5) is 36.9. The molecule has 4 rings (SSSR count). The second-order valence-electron chi connectivity index (χ2n) is 8.63. The van der Waals surface area contributed by atoms with Crippen LogP contribution in [-0.4, -0.2) is 51.5 Å². The Hall–Kier alpha value is -3.55. The maximum Gasteiger partial charge on any atom is 0.259 e. The van der Waals surface area contributed by atoms with E-state index in [1.165, 1.54) is 6.33 Å². The van der Waals surface area contributed by atoms with Crippen LogP contribution in [-0.2, 0) is 11.2 Å². The number of aryl methyl sites for hydroxylation is 2. The van der Waals surface area contributed by atoms with Crippen molar-refractivity contribution in [3.05, 3.63) is 65.6 Å². The Morgan fingerprint density at radius 2 is 1.94 bits per heavy atom. The van der Waals surface area contributed by atoms with E-state index in [1.807, 2.05) is 31.2 Å². The quantitative estimate of drug-likeness (QED) is 0.622. The van der Waals surface area contributed by atoms with Gasteiger partial charge in [-0.1, -0.05) is 29.4 Å². The average molecular weight is 448 g/mol. The molecule has 1 saturated heterocycles. The van der Waals surface area contributed by atoms with Gasteiger partial charge < -0.3 is 14.7 Å². The minimum absolute atomic E-state index is 0.0274. The van der Waals surface area contributed by atoms with Crippen LogP contribution in [0.5, 0.6) is 0 Å². The van der Waals surface area contributed by atoms with Crippen LogP contribution in [0.1, 0.15) is 47.1 Å². The molecular weight excluding hydrogens is 418 g/mol. The lowest BCUT2D eigenvalue weighted by Gasteiger charge is -2.42. The van der Waals surface area contributed by atoms with E-state index in [2.05, 4.69) is 20.4 Å². The fourth-order valence-electron chi connectivity index (χ4n) is 4.77. The zero-order chi connectivity index (χ0) is 23.4. The number of rotatable bonds is 6. The fourth-order valence-corrected chi connectivity index (χ4v) is 4.77. The van der Waals surface area contributed by atoms with Crippen molar-refractivity contribution >= 4 is 11.8 Å². The Morgan fingerprint density at radius 1 is 1.18 bits per heavy atom. The Labute approximate surface area is 193 Å². The molecule has 3 heterocycles. The first kappa shape index (κ1) is 22.6. The summed E-state index contributed by atoms with van der Waals surface area (Å²) in [6.07, 6.45) is 7.00. The number of nitrogens with zero attached hydrogens (tertiary/aromatic N) is 4. The predicted octanol–water partition coefficient (Wildman–Crippen LogP) is 3.35. The van der Waals surface area contributed by atoms with Crippen molar-refractivity contribution in [3.63, 3.8) is 0 Å². The van der Waals surface area contributed by atoms with E-state index in [9.17, 15) is 9.59 Å². The molecule has 8 nitrogen and oxygen atoms in total. The Kier molecular flexibility index (Phi) is 6.53. The third-order valence-electron chi connectivity index (χ3n) is 6.35.